The van der Waals surface area contributed by atoms with Crippen LogP contribution in [-0.4, -0.2) is 17.6 Å². The second-order valence-corrected chi connectivity index (χ2v) is 8.61. The summed E-state index contributed by atoms with van der Waals surface area (Å²) in [7, 11) is 0. The standard InChI is InChI=1S/C25H24N2O2S/c1-16-8-6-10-22(18(16)3)27-23(28)15-30-25(27)19-11-13-20(14-12-19)26-24(29)21-9-5-4-7-17(21)2/h4-14,25H,15H2,1-3H3,(H,26,29)/t25-/m1/s1. The summed E-state index contributed by atoms with van der Waals surface area (Å²) in [5.74, 6) is 0.461. The topological polar surface area (TPSA) is 49.4 Å². The molecule has 3 aromatic carbocycles. The lowest BCUT2D eigenvalue weighted by atomic mass is 10.1. The van der Waals surface area contributed by atoms with Gasteiger partial charge in [-0.05, 0) is 67.3 Å². The number of carbonyl (C=O) groups excluding carboxylic acids is 2. The molecule has 0 unspecified atom stereocenters. The minimum absolute atomic E-state index is 0.0703. The number of thioether (sulfide) groups is 1. The number of hydrogen-bond donors (Lipinski definition) is 1. The quantitative estimate of drug-likeness (QED) is 0.598. The van der Waals surface area contributed by atoms with Gasteiger partial charge in [-0.2, -0.15) is 0 Å². The first-order chi connectivity index (χ1) is 14.5. The Bertz CT molecular complexity index is 1110. The van der Waals surface area contributed by atoms with Crippen LogP contribution in [0.3, 0.4) is 0 Å². The van der Waals surface area contributed by atoms with Crippen LogP contribution in [0.1, 0.15) is 38.0 Å². The monoisotopic (exact) mass is 416 g/mol. The highest BCUT2D eigenvalue weighted by molar-refractivity contribution is 8.00. The number of nitrogens with one attached hydrogen (secondary N) is 1. The van der Waals surface area contributed by atoms with Crippen LogP contribution >= 0.6 is 11.8 Å². The van der Waals surface area contributed by atoms with Crippen LogP contribution in [0, 0.1) is 20.8 Å². The van der Waals surface area contributed by atoms with Crippen LogP contribution in [0.4, 0.5) is 11.4 Å². The molecule has 0 spiro atoms. The van der Waals surface area contributed by atoms with Crippen molar-refractivity contribution in [3.05, 3.63) is 94.5 Å². The van der Waals surface area contributed by atoms with Crippen LogP contribution in [0.15, 0.2) is 66.7 Å². The van der Waals surface area contributed by atoms with Gasteiger partial charge in [-0.1, -0.05) is 42.5 Å². The van der Waals surface area contributed by atoms with Gasteiger partial charge in [0.1, 0.15) is 5.37 Å². The van der Waals surface area contributed by atoms with E-state index in [1.165, 1.54) is 5.56 Å². The lowest BCUT2D eigenvalue weighted by Crippen LogP contribution is -2.28. The zero-order valence-corrected chi connectivity index (χ0v) is 18.1. The molecule has 2 amide bonds. The summed E-state index contributed by atoms with van der Waals surface area (Å²) in [5.41, 5.74) is 6.65. The average Bonchev–Trinajstić information content (AvgIpc) is 3.12. The molecule has 0 bridgehead atoms. The highest BCUT2D eigenvalue weighted by atomic mass is 32.2. The normalized spacial score (nSPS) is 16.0. The summed E-state index contributed by atoms with van der Waals surface area (Å²) in [4.78, 5) is 27.1. The SMILES string of the molecule is Cc1ccccc1C(=O)Nc1ccc([C@H]2SCC(=O)N2c2cccc(C)c2C)cc1. The van der Waals surface area contributed by atoms with Gasteiger partial charge in [0.05, 0.1) is 5.75 Å². The number of rotatable bonds is 4. The number of benzene rings is 3. The molecule has 1 aliphatic heterocycles. The molecule has 30 heavy (non-hydrogen) atoms. The molecular weight excluding hydrogens is 392 g/mol. The minimum atomic E-state index is -0.122. The Labute approximate surface area is 181 Å². The number of nitrogens with zero attached hydrogens (tertiary/aromatic N) is 1. The Kier molecular flexibility index (Phi) is 5.64. The van der Waals surface area contributed by atoms with Crippen molar-refractivity contribution < 1.29 is 9.59 Å². The molecule has 0 saturated carbocycles. The average molecular weight is 417 g/mol. The van der Waals surface area contributed by atoms with E-state index >= 15 is 0 Å². The highest BCUT2D eigenvalue weighted by Crippen LogP contribution is 2.43. The third-order valence-electron chi connectivity index (χ3n) is 5.55. The molecule has 3 aromatic rings. The second kappa shape index (κ2) is 8.36. The van der Waals surface area contributed by atoms with E-state index in [9.17, 15) is 9.59 Å². The molecule has 5 heteroatoms. The maximum atomic E-state index is 12.7. The number of carbonyl (C=O) groups is 2. The van der Waals surface area contributed by atoms with E-state index < -0.39 is 0 Å². The summed E-state index contributed by atoms with van der Waals surface area (Å²) in [5, 5.41) is 2.89. The van der Waals surface area contributed by atoms with Gasteiger partial charge >= 0.3 is 0 Å². The number of amides is 2. The fourth-order valence-corrected chi connectivity index (χ4v) is 4.85. The van der Waals surface area contributed by atoms with Crippen LogP contribution in [0.5, 0.6) is 0 Å². The molecule has 0 aliphatic carbocycles. The van der Waals surface area contributed by atoms with E-state index in [-0.39, 0.29) is 17.2 Å². The fraction of sp³-hybridized carbons (Fsp3) is 0.200. The van der Waals surface area contributed by atoms with Crippen molar-refractivity contribution in [2.75, 3.05) is 16.0 Å². The predicted octanol–water partition coefficient (Wildman–Crippen LogP) is 5.64. The molecule has 0 aromatic heterocycles. The summed E-state index contributed by atoms with van der Waals surface area (Å²) < 4.78 is 0. The highest BCUT2D eigenvalue weighted by Gasteiger charge is 2.34. The van der Waals surface area contributed by atoms with E-state index in [0.29, 0.717) is 11.3 Å². The lowest BCUT2D eigenvalue weighted by molar-refractivity contribution is -0.115. The molecule has 4 rings (SSSR count). The second-order valence-electron chi connectivity index (χ2n) is 7.54. The lowest BCUT2D eigenvalue weighted by Gasteiger charge is -2.26. The van der Waals surface area contributed by atoms with Gasteiger partial charge in [0.2, 0.25) is 5.91 Å². The molecule has 152 valence electrons. The van der Waals surface area contributed by atoms with Crippen LogP contribution in [-0.2, 0) is 4.79 Å². The third kappa shape index (κ3) is 3.85. The van der Waals surface area contributed by atoms with Crippen LogP contribution in [0.25, 0.3) is 0 Å². The van der Waals surface area contributed by atoms with Crippen molar-refractivity contribution in [2.45, 2.75) is 26.1 Å². The first-order valence-corrected chi connectivity index (χ1v) is 11.0. The number of anilines is 2. The molecular formula is C25H24N2O2S. The summed E-state index contributed by atoms with van der Waals surface area (Å²) in [6.07, 6.45) is 0. The Morgan fingerprint density at radius 2 is 1.63 bits per heavy atom. The molecule has 4 nitrogen and oxygen atoms in total. The van der Waals surface area contributed by atoms with Crippen LogP contribution < -0.4 is 10.2 Å². The van der Waals surface area contributed by atoms with Crippen molar-refractivity contribution in [3.63, 3.8) is 0 Å². The summed E-state index contributed by atoms with van der Waals surface area (Å²) in [6.45, 7) is 6.05. The van der Waals surface area contributed by atoms with Gasteiger partial charge in [0, 0.05) is 16.9 Å². The minimum Gasteiger partial charge on any atom is -0.322 e. The molecule has 1 saturated heterocycles. The molecule has 0 radical (unpaired) electrons. The molecule has 1 heterocycles. The zero-order chi connectivity index (χ0) is 21.3. The maximum Gasteiger partial charge on any atom is 0.255 e. The maximum absolute atomic E-state index is 12.7. The Morgan fingerprint density at radius 1 is 0.933 bits per heavy atom. The molecule has 1 N–H and O–H groups in total. The summed E-state index contributed by atoms with van der Waals surface area (Å²) in [6, 6.07) is 21.4. The fourth-order valence-electron chi connectivity index (χ4n) is 3.68. The van der Waals surface area contributed by atoms with E-state index in [1.54, 1.807) is 11.8 Å². The molecule has 1 fully saturated rings. The number of aryl methyl sites for hydroxylation is 2. The van der Waals surface area contributed by atoms with Crippen LogP contribution in [0.2, 0.25) is 0 Å². The van der Waals surface area contributed by atoms with Crippen molar-refractivity contribution in [3.8, 4) is 0 Å². The van der Waals surface area contributed by atoms with Gasteiger partial charge in [-0.15, -0.1) is 11.8 Å². The molecule has 1 aliphatic rings. The predicted molar refractivity (Wildman–Crippen MR) is 124 cm³/mol. The zero-order valence-electron chi connectivity index (χ0n) is 17.3. The van der Waals surface area contributed by atoms with Gasteiger partial charge in [-0.25, -0.2) is 0 Å². The van der Waals surface area contributed by atoms with E-state index in [1.807, 2.05) is 72.5 Å². The van der Waals surface area contributed by atoms with E-state index in [2.05, 4.69) is 25.2 Å². The van der Waals surface area contributed by atoms with Gasteiger partial charge < -0.3 is 5.32 Å². The van der Waals surface area contributed by atoms with E-state index in [4.69, 9.17) is 0 Å². The first-order valence-electron chi connectivity index (χ1n) is 9.92. The Hall–Kier alpha value is -3.05. The van der Waals surface area contributed by atoms with Crippen molar-refractivity contribution >= 4 is 35.0 Å². The number of hydrogen-bond acceptors (Lipinski definition) is 3. The molecule has 1 atom stereocenters. The van der Waals surface area contributed by atoms with Gasteiger partial charge in [-0.3, -0.25) is 14.5 Å². The smallest absolute Gasteiger partial charge is 0.255 e. The third-order valence-corrected chi connectivity index (χ3v) is 6.76. The van der Waals surface area contributed by atoms with Crippen molar-refractivity contribution in [1.82, 2.24) is 0 Å². The van der Waals surface area contributed by atoms with Crippen molar-refractivity contribution in [1.29, 1.82) is 0 Å². The first kappa shape index (κ1) is 20.2. The Balaban J connectivity index is 1.56. The van der Waals surface area contributed by atoms with Crippen molar-refractivity contribution in [2.24, 2.45) is 0 Å². The van der Waals surface area contributed by atoms with Gasteiger partial charge in [0.15, 0.2) is 0 Å². The van der Waals surface area contributed by atoms with Gasteiger partial charge in [0.25, 0.3) is 5.91 Å². The largest absolute Gasteiger partial charge is 0.322 e. The summed E-state index contributed by atoms with van der Waals surface area (Å²) >= 11 is 1.63. The Morgan fingerprint density at radius 3 is 2.37 bits per heavy atom. The van der Waals surface area contributed by atoms with E-state index in [0.717, 1.165) is 28.1 Å².